The van der Waals surface area contributed by atoms with Crippen molar-refractivity contribution in [2.24, 2.45) is 5.41 Å². The minimum absolute atomic E-state index is 0.143. The van der Waals surface area contributed by atoms with E-state index in [0.717, 1.165) is 31.6 Å². The van der Waals surface area contributed by atoms with Crippen molar-refractivity contribution in [3.8, 4) is 5.75 Å². The minimum atomic E-state index is -0.316. The van der Waals surface area contributed by atoms with Crippen molar-refractivity contribution >= 4 is 11.8 Å². The number of piperidine rings is 1. The lowest BCUT2D eigenvalue weighted by atomic mass is 9.78. The van der Waals surface area contributed by atoms with Gasteiger partial charge in [0.1, 0.15) is 5.75 Å². The molecule has 2 amide bonds. The Morgan fingerprint density at radius 2 is 2.00 bits per heavy atom. The second-order valence-corrected chi connectivity index (χ2v) is 6.94. The van der Waals surface area contributed by atoms with E-state index in [1.165, 1.54) is 0 Å². The van der Waals surface area contributed by atoms with Crippen LogP contribution in [-0.4, -0.2) is 54.9 Å². The van der Waals surface area contributed by atoms with Gasteiger partial charge in [-0.3, -0.25) is 9.59 Å². The normalized spacial score (nSPS) is 23.8. The van der Waals surface area contributed by atoms with Gasteiger partial charge in [0.25, 0.3) is 0 Å². The first-order valence-corrected chi connectivity index (χ1v) is 8.82. The number of amides is 2. The lowest BCUT2D eigenvalue weighted by Crippen LogP contribution is -2.48. The summed E-state index contributed by atoms with van der Waals surface area (Å²) in [5.74, 6) is 1.20. The number of nitrogens with zero attached hydrogens (tertiary/aromatic N) is 2. The van der Waals surface area contributed by atoms with Crippen LogP contribution >= 0.6 is 0 Å². The SMILES string of the molecule is CN1CCC[C@@]2(CCN(C(=O)CCCOc3ccccc3)C2)C1=O. The monoisotopic (exact) mass is 330 g/mol. The third-order valence-corrected chi connectivity index (χ3v) is 5.20. The van der Waals surface area contributed by atoms with Crippen LogP contribution in [-0.2, 0) is 9.59 Å². The van der Waals surface area contributed by atoms with Crippen LogP contribution in [0.5, 0.6) is 5.75 Å². The van der Waals surface area contributed by atoms with Crippen LogP contribution in [0.15, 0.2) is 30.3 Å². The molecule has 130 valence electrons. The number of carbonyl (C=O) groups excluding carboxylic acids is 2. The number of ether oxygens (including phenoxy) is 1. The predicted octanol–water partition coefficient (Wildman–Crippen LogP) is 2.32. The third kappa shape index (κ3) is 3.55. The molecule has 2 heterocycles. The van der Waals surface area contributed by atoms with Crippen LogP contribution in [0.3, 0.4) is 0 Å². The first-order valence-electron chi connectivity index (χ1n) is 8.82. The van der Waals surface area contributed by atoms with Gasteiger partial charge in [0.2, 0.25) is 11.8 Å². The van der Waals surface area contributed by atoms with Gasteiger partial charge < -0.3 is 14.5 Å². The van der Waals surface area contributed by atoms with E-state index in [1.54, 1.807) is 0 Å². The van der Waals surface area contributed by atoms with Gasteiger partial charge in [-0.25, -0.2) is 0 Å². The Kier molecular flexibility index (Phi) is 5.07. The van der Waals surface area contributed by atoms with Crippen molar-refractivity contribution in [1.29, 1.82) is 0 Å². The Labute approximate surface area is 143 Å². The van der Waals surface area contributed by atoms with E-state index >= 15 is 0 Å². The molecule has 3 rings (SSSR count). The molecule has 1 atom stereocenters. The molecule has 2 aliphatic rings. The number of likely N-dealkylation sites (tertiary alicyclic amines) is 2. The molecule has 1 spiro atoms. The zero-order valence-corrected chi connectivity index (χ0v) is 14.4. The first-order chi connectivity index (χ1) is 11.6. The van der Waals surface area contributed by atoms with E-state index in [4.69, 9.17) is 4.74 Å². The molecule has 5 heteroatoms. The van der Waals surface area contributed by atoms with Gasteiger partial charge >= 0.3 is 0 Å². The number of hydrogen-bond acceptors (Lipinski definition) is 3. The Morgan fingerprint density at radius 3 is 2.79 bits per heavy atom. The van der Waals surface area contributed by atoms with Gasteiger partial charge in [0, 0.05) is 33.1 Å². The average Bonchev–Trinajstić information content (AvgIpc) is 3.03. The molecule has 0 bridgehead atoms. The maximum atomic E-state index is 12.5. The van der Waals surface area contributed by atoms with Gasteiger partial charge in [-0.1, -0.05) is 18.2 Å². The molecular formula is C19H26N2O3. The summed E-state index contributed by atoms with van der Waals surface area (Å²) in [5.41, 5.74) is -0.316. The zero-order chi connectivity index (χ0) is 17.0. The van der Waals surface area contributed by atoms with Crippen molar-refractivity contribution in [3.05, 3.63) is 30.3 Å². The smallest absolute Gasteiger partial charge is 0.230 e. The molecule has 5 nitrogen and oxygen atoms in total. The van der Waals surface area contributed by atoms with Crippen molar-refractivity contribution in [2.75, 3.05) is 33.3 Å². The first kappa shape index (κ1) is 16.8. The molecule has 2 fully saturated rings. The molecule has 0 aromatic heterocycles. The van der Waals surface area contributed by atoms with Crippen molar-refractivity contribution in [1.82, 2.24) is 9.80 Å². The van der Waals surface area contributed by atoms with E-state index < -0.39 is 0 Å². The molecule has 1 aromatic carbocycles. The lowest BCUT2D eigenvalue weighted by molar-refractivity contribution is -0.144. The van der Waals surface area contributed by atoms with Crippen LogP contribution in [0, 0.1) is 5.41 Å². The van der Waals surface area contributed by atoms with Gasteiger partial charge in [0.05, 0.1) is 12.0 Å². The second-order valence-electron chi connectivity index (χ2n) is 6.94. The fourth-order valence-electron chi connectivity index (χ4n) is 3.82. The molecule has 24 heavy (non-hydrogen) atoms. The Bertz CT molecular complexity index is 590. The molecule has 0 N–H and O–H groups in total. The van der Waals surface area contributed by atoms with E-state index in [-0.39, 0.29) is 17.2 Å². The third-order valence-electron chi connectivity index (χ3n) is 5.20. The highest BCUT2D eigenvalue weighted by Gasteiger charge is 2.48. The van der Waals surface area contributed by atoms with E-state index in [2.05, 4.69) is 0 Å². The Morgan fingerprint density at radius 1 is 1.21 bits per heavy atom. The molecule has 0 radical (unpaired) electrons. The average molecular weight is 330 g/mol. The molecule has 2 aliphatic heterocycles. The van der Waals surface area contributed by atoms with Gasteiger partial charge in [-0.2, -0.15) is 0 Å². The lowest BCUT2D eigenvalue weighted by Gasteiger charge is -2.37. The molecule has 2 saturated heterocycles. The van der Waals surface area contributed by atoms with E-state index in [9.17, 15) is 9.59 Å². The van der Waals surface area contributed by atoms with Crippen LogP contribution in [0.4, 0.5) is 0 Å². The summed E-state index contributed by atoms with van der Waals surface area (Å²) < 4.78 is 5.63. The largest absolute Gasteiger partial charge is 0.494 e. The van der Waals surface area contributed by atoms with E-state index in [1.807, 2.05) is 47.2 Å². The van der Waals surface area contributed by atoms with Gasteiger partial charge in [-0.05, 0) is 37.8 Å². The molecular weight excluding hydrogens is 304 g/mol. The molecule has 0 unspecified atom stereocenters. The topological polar surface area (TPSA) is 49.9 Å². The van der Waals surface area contributed by atoms with Crippen LogP contribution in [0.25, 0.3) is 0 Å². The summed E-state index contributed by atoms with van der Waals surface area (Å²) in [6.07, 6.45) is 3.94. The summed E-state index contributed by atoms with van der Waals surface area (Å²) in [5, 5.41) is 0. The molecule has 1 aromatic rings. The molecule has 0 aliphatic carbocycles. The summed E-state index contributed by atoms with van der Waals surface area (Å²) >= 11 is 0. The maximum Gasteiger partial charge on any atom is 0.230 e. The molecule has 0 saturated carbocycles. The fraction of sp³-hybridized carbons (Fsp3) is 0.579. The van der Waals surface area contributed by atoms with Crippen molar-refractivity contribution in [2.45, 2.75) is 32.1 Å². The second kappa shape index (κ2) is 7.24. The maximum absolute atomic E-state index is 12.5. The number of rotatable bonds is 5. The zero-order valence-electron chi connectivity index (χ0n) is 14.4. The van der Waals surface area contributed by atoms with Crippen molar-refractivity contribution in [3.63, 3.8) is 0 Å². The summed E-state index contributed by atoms with van der Waals surface area (Å²) in [6.45, 7) is 2.67. The highest BCUT2D eigenvalue weighted by molar-refractivity contribution is 5.85. The number of carbonyl (C=O) groups is 2. The van der Waals surface area contributed by atoms with Crippen LogP contribution in [0.1, 0.15) is 32.1 Å². The van der Waals surface area contributed by atoms with Crippen LogP contribution in [0.2, 0.25) is 0 Å². The quantitative estimate of drug-likeness (QED) is 0.779. The standard InChI is InChI=1S/C19H26N2O3/c1-20-12-6-10-19(18(20)23)11-13-21(15-19)17(22)9-5-14-24-16-7-3-2-4-8-16/h2-4,7-8H,5-6,9-15H2,1H3/t19-/m0/s1. The Balaban J connectivity index is 1.44. The number of para-hydroxylation sites is 1. The number of hydrogen-bond donors (Lipinski definition) is 0. The summed E-state index contributed by atoms with van der Waals surface area (Å²) in [4.78, 5) is 28.6. The summed E-state index contributed by atoms with van der Waals surface area (Å²) in [7, 11) is 1.87. The van der Waals surface area contributed by atoms with Crippen molar-refractivity contribution < 1.29 is 14.3 Å². The summed E-state index contributed by atoms with van der Waals surface area (Å²) in [6, 6.07) is 9.64. The van der Waals surface area contributed by atoms with E-state index in [0.29, 0.717) is 32.5 Å². The van der Waals surface area contributed by atoms with Crippen LogP contribution < -0.4 is 4.74 Å². The fourth-order valence-corrected chi connectivity index (χ4v) is 3.82. The Hall–Kier alpha value is -2.04. The minimum Gasteiger partial charge on any atom is -0.494 e. The number of benzene rings is 1. The highest BCUT2D eigenvalue weighted by Crippen LogP contribution is 2.39. The van der Waals surface area contributed by atoms with Gasteiger partial charge in [-0.15, -0.1) is 0 Å². The van der Waals surface area contributed by atoms with Gasteiger partial charge in [0.15, 0.2) is 0 Å². The predicted molar refractivity (Wildman–Crippen MR) is 91.7 cm³/mol. The highest BCUT2D eigenvalue weighted by atomic mass is 16.5.